The van der Waals surface area contributed by atoms with Gasteiger partial charge in [-0.1, -0.05) is 29.4 Å². The van der Waals surface area contributed by atoms with E-state index in [9.17, 15) is 4.79 Å². The summed E-state index contributed by atoms with van der Waals surface area (Å²) >= 11 is 1.50. The quantitative estimate of drug-likeness (QED) is 0.593. The fourth-order valence-electron chi connectivity index (χ4n) is 2.51. The maximum atomic E-state index is 12.7. The second-order valence-electron chi connectivity index (χ2n) is 5.78. The van der Waals surface area contributed by atoms with Crippen molar-refractivity contribution >= 4 is 17.7 Å². The van der Waals surface area contributed by atoms with Gasteiger partial charge < -0.3 is 14.6 Å². The summed E-state index contributed by atoms with van der Waals surface area (Å²) in [7, 11) is 0. The van der Waals surface area contributed by atoms with Gasteiger partial charge in [-0.3, -0.25) is 4.79 Å². The van der Waals surface area contributed by atoms with Gasteiger partial charge in [-0.25, -0.2) is 0 Å². The lowest BCUT2D eigenvalue weighted by Crippen LogP contribution is -2.23. The van der Waals surface area contributed by atoms with Gasteiger partial charge in [0.15, 0.2) is 5.82 Å². The van der Waals surface area contributed by atoms with E-state index in [0.29, 0.717) is 36.2 Å². The van der Waals surface area contributed by atoms with Crippen LogP contribution < -0.4 is 10.1 Å². The minimum absolute atomic E-state index is 0.123. The Morgan fingerprint density at radius 1 is 1.22 bits per heavy atom. The van der Waals surface area contributed by atoms with E-state index in [1.54, 1.807) is 6.92 Å². The molecule has 0 unspecified atom stereocenters. The number of nitrogens with zero attached hydrogens (tertiary/aromatic N) is 2. The molecule has 3 rings (SSSR count). The van der Waals surface area contributed by atoms with Crippen LogP contribution in [0.15, 0.2) is 57.9 Å². The second-order valence-corrected chi connectivity index (χ2v) is 6.80. The van der Waals surface area contributed by atoms with Crippen LogP contribution >= 0.6 is 11.8 Å². The summed E-state index contributed by atoms with van der Waals surface area (Å²) in [6.07, 6.45) is 0. The minimum Gasteiger partial charge on any atom is -0.494 e. The molecule has 2 aromatic carbocycles. The third kappa shape index (κ3) is 5.34. The summed E-state index contributed by atoms with van der Waals surface area (Å²) < 4.78 is 10.6. The molecule has 0 aliphatic carbocycles. The third-order valence-corrected chi connectivity index (χ3v) is 4.77. The molecule has 0 atom stereocenters. The van der Waals surface area contributed by atoms with Crippen LogP contribution in [-0.2, 0) is 12.3 Å². The summed E-state index contributed by atoms with van der Waals surface area (Å²) in [5.41, 5.74) is 1.61. The molecule has 0 bridgehead atoms. The highest BCUT2D eigenvalue weighted by atomic mass is 32.2. The number of thioether (sulfide) groups is 1. The highest BCUT2D eigenvalue weighted by molar-refractivity contribution is 7.98. The molecule has 1 amide bonds. The van der Waals surface area contributed by atoms with E-state index < -0.39 is 0 Å². The van der Waals surface area contributed by atoms with E-state index in [4.69, 9.17) is 9.26 Å². The molecule has 0 radical (unpaired) electrons. The van der Waals surface area contributed by atoms with Crippen molar-refractivity contribution in [2.24, 2.45) is 0 Å². The summed E-state index contributed by atoms with van der Waals surface area (Å²) in [4.78, 5) is 17.7. The number of aryl methyl sites for hydroxylation is 1. The molecule has 0 saturated carbocycles. The zero-order valence-electron chi connectivity index (χ0n) is 15.3. The number of rotatable bonds is 8. The monoisotopic (exact) mass is 383 g/mol. The normalized spacial score (nSPS) is 10.6. The lowest BCUT2D eigenvalue weighted by Gasteiger charge is -2.10. The van der Waals surface area contributed by atoms with E-state index >= 15 is 0 Å². The predicted octanol–water partition coefficient (Wildman–Crippen LogP) is 4.00. The summed E-state index contributed by atoms with van der Waals surface area (Å²) in [5, 5.41) is 6.75. The van der Waals surface area contributed by atoms with Gasteiger partial charge in [0.05, 0.1) is 17.9 Å². The maximum absolute atomic E-state index is 12.7. The Labute approximate surface area is 162 Å². The zero-order chi connectivity index (χ0) is 19.1. The molecule has 1 N–H and O–H groups in total. The number of nitrogens with one attached hydrogen (secondary N) is 1. The van der Waals surface area contributed by atoms with E-state index in [1.165, 1.54) is 11.8 Å². The SMILES string of the molecule is CCOc1cccc(CNC(=O)c2ccccc2SCc2nc(C)no2)c1. The number of hydrogen-bond acceptors (Lipinski definition) is 6. The van der Waals surface area contributed by atoms with E-state index in [1.807, 2.05) is 55.5 Å². The van der Waals surface area contributed by atoms with Crippen molar-refractivity contribution in [1.82, 2.24) is 15.5 Å². The Balaban J connectivity index is 1.63. The number of hydrogen-bond donors (Lipinski definition) is 1. The molecule has 0 saturated heterocycles. The highest BCUT2D eigenvalue weighted by Crippen LogP contribution is 2.26. The van der Waals surface area contributed by atoms with Gasteiger partial charge in [0.1, 0.15) is 5.75 Å². The Bertz CT molecular complexity index is 911. The average molecular weight is 383 g/mol. The standard InChI is InChI=1S/C20H21N3O3S/c1-3-25-16-8-6-7-15(11-16)12-21-20(24)17-9-4-5-10-18(17)27-13-19-22-14(2)23-26-19/h4-11H,3,12-13H2,1-2H3,(H,21,24). The fourth-order valence-corrected chi connectivity index (χ4v) is 3.39. The molecular weight excluding hydrogens is 362 g/mol. The van der Waals surface area contributed by atoms with Gasteiger partial charge in [-0.15, -0.1) is 11.8 Å². The van der Waals surface area contributed by atoms with Gasteiger partial charge >= 0.3 is 0 Å². The van der Waals surface area contributed by atoms with Crippen LogP contribution in [0.5, 0.6) is 5.75 Å². The first-order chi connectivity index (χ1) is 13.2. The molecule has 0 fully saturated rings. The van der Waals surface area contributed by atoms with Crippen molar-refractivity contribution in [3.63, 3.8) is 0 Å². The van der Waals surface area contributed by atoms with Crippen molar-refractivity contribution < 1.29 is 14.1 Å². The average Bonchev–Trinajstić information content (AvgIpc) is 3.10. The topological polar surface area (TPSA) is 77.2 Å². The highest BCUT2D eigenvalue weighted by Gasteiger charge is 2.13. The van der Waals surface area contributed by atoms with Crippen LogP contribution in [0, 0.1) is 6.92 Å². The molecule has 6 nitrogen and oxygen atoms in total. The van der Waals surface area contributed by atoms with Gasteiger partial charge in [0.25, 0.3) is 5.91 Å². The number of aromatic nitrogens is 2. The van der Waals surface area contributed by atoms with E-state index in [-0.39, 0.29) is 5.91 Å². The van der Waals surface area contributed by atoms with Gasteiger partial charge in [-0.2, -0.15) is 4.98 Å². The van der Waals surface area contributed by atoms with Crippen molar-refractivity contribution in [3.05, 3.63) is 71.4 Å². The largest absolute Gasteiger partial charge is 0.494 e. The van der Waals surface area contributed by atoms with Crippen LogP contribution in [0.25, 0.3) is 0 Å². The van der Waals surface area contributed by atoms with E-state index in [2.05, 4.69) is 15.5 Å². The Morgan fingerprint density at radius 2 is 2.07 bits per heavy atom. The first-order valence-electron chi connectivity index (χ1n) is 8.66. The second kappa shape index (κ2) is 9.23. The summed E-state index contributed by atoms with van der Waals surface area (Å²) in [6.45, 7) is 4.76. The molecule has 0 aliphatic rings. The van der Waals surface area contributed by atoms with Crippen LogP contribution in [0.4, 0.5) is 0 Å². The number of carbonyl (C=O) groups excluding carboxylic acids is 1. The number of amides is 1. The van der Waals surface area contributed by atoms with Gasteiger partial charge in [0, 0.05) is 11.4 Å². The molecular formula is C20H21N3O3S. The maximum Gasteiger partial charge on any atom is 0.252 e. The number of carbonyl (C=O) groups is 1. The van der Waals surface area contributed by atoms with Crippen molar-refractivity contribution in [2.75, 3.05) is 6.61 Å². The molecule has 1 aromatic heterocycles. The summed E-state index contributed by atoms with van der Waals surface area (Å²) in [5.74, 6) is 2.34. The molecule has 1 heterocycles. The molecule has 27 heavy (non-hydrogen) atoms. The van der Waals surface area contributed by atoms with Gasteiger partial charge in [0.2, 0.25) is 5.89 Å². The molecule has 3 aromatic rings. The van der Waals surface area contributed by atoms with Crippen molar-refractivity contribution in [1.29, 1.82) is 0 Å². The van der Waals surface area contributed by atoms with Crippen LogP contribution in [0.2, 0.25) is 0 Å². The summed E-state index contributed by atoms with van der Waals surface area (Å²) in [6, 6.07) is 15.2. The zero-order valence-corrected chi connectivity index (χ0v) is 16.1. The van der Waals surface area contributed by atoms with Crippen molar-refractivity contribution in [2.45, 2.75) is 31.0 Å². The molecule has 140 valence electrons. The number of ether oxygens (including phenoxy) is 1. The van der Waals surface area contributed by atoms with Crippen LogP contribution in [0.3, 0.4) is 0 Å². The molecule has 0 spiro atoms. The smallest absolute Gasteiger partial charge is 0.252 e. The third-order valence-electron chi connectivity index (χ3n) is 3.71. The van der Waals surface area contributed by atoms with Crippen LogP contribution in [-0.4, -0.2) is 22.7 Å². The van der Waals surface area contributed by atoms with Gasteiger partial charge in [-0.05, 0) is 43.7 Å². The van der Waals surface area contributed by atoms with Crippen LogP contribution in [0.1, 0.15) is 34.6 Å². The minimum atomic E-state index is -0.123. The van der Waals surface area contributed by atoms with E-state index in [0.717, 1.165) is 16.2 Å². The first-order valence-corrected chi connectivity index (χ1v) is 9.65. The Morgan fingerprint density at radius 3 is 2.85 bits per heavy atom. The lowest BCUT2D eigenvalue weighted by molar-refractivity contribution is 0.0948. The lowest BCUT2D eigenvalue weighted by atomic mass is 10.2. The predicted molar refractivity (Wildman–Crippen MR) is 104 cm³/mol. The first kappa shape index (κ1) is 19.0. The molecule has 0 aliphatic heterocycles. The number of benzene rings is 2. The fraction of sp³-hybridized carbons (Fsp3) is 0.250. The molecule has 7 heteroatoms. The van der Waals surface area contributed by atoms with Crippen molar-refractivity contribution in [3.8, 4) is 5.75 Å². The Kier molecular flexibility index (Phi) is 6.49. The Hall–Kier alpha value is -2.80.